The predicted molar refractivity (Wildman–Crippen MR) is 83.6 cm³/mol. The van der Waals surface area contributed by atoms with Crippen LogP contribution in [0.4, 0.5) is 5.69 Å². The van der Waals surface area contributed by atoms with E-state index in [0.29, 0.717) is 18.7 Å². The van der Waals surface area contributed by atoms with Gasteiger partial charge in [0.2, 0.25) is 6.41 Å². The minimum absolute atomic E-state index is 0.243. The van der Waals surface area contributed by atoms with Crippen molar-refractivity contribution in [1.82, 2.24) is 4.90 Å². The molecule has 2 aliphatic heterocycles. The molecule has 2 aliphatic rings. The third-order valence-electron chi connectivity index (χ3n) is 4.33. The monoisotopic (exact) mass is 299 g/mol. The first-order valence-corrected chi connectivity index (χ1v) is 7.91. The molecule has 0 bridgehead atoms. The summed E-state index contributed by atoms with van der Waals surface area (Å²) in [4.78, 5) is 15.3. The fourth-order valence-electron chi connectivity index (χ4n) is 3.21. The van der Waals surface area contributed by atoms with Crippen molar-refractivity contribution in [3.05, 3.63) is 23.8 Å². The molecule has 0 aromatic heterocycles. The van der Waals surface area contributed by atoms with Gasteiger partial charge >= 0.3 is 0 Å². The number of carbonyl (C=O) groups excluding carboxylic acids is 1. The zero-order valence-electron chi connectivity index (χ0n) is 12.7. The van der Waals surface area contributed by atoms with Gasteiger partial charge in [-0.05, 0) is 43.6 Å². The van der Waals surface area contributed by atoms with Gasteiger partial charge in [-0.25, -0.2) is 0 Å². The van der Waals surface area contributed by atoms with E-state index >= 15 is 0 Å². The van der Waals surface area contributed by atoms with E-state index < -0.39 is 0 Å². The maximum atomic E-state index is 11.3. The van der Waals surface area contributed by atoms with Gasteiger partial charge in [0.15, 0.2) is 0 Å². The first-order chi connectivity index (χ1) is 10.8. The Morgan fingerprint density at radius 3 is 2.86 bits per heavy atom. The molecule has 1 amide bonds. The quantitative estimate of drug-likeness (QED) is 0.801. The van der Waals surface area contributed by atoms with E-state index in [2.05, 4.69) is 17.0 Å². The lowest BCUT2D eigenvalue weighted by Gasteiger charge is -2.32. The van der Waals surface area contributed by atoms with Gasteiger partial charge in [-0.3, -0.25) is 9.69 Å². The molecule has 0 N–H and O–H groups in total. The third kappa shape index (κ3) is 3.23. The zero-order chi connectivity index (χ0) is 15.4. The number of amides is 1. The summed E-state index contributed by atoms with van der Waals surface area (Å²) in [6, 6.07) is 8.15. The lowest BCUT2D eigenvalue weighted by molar-refractivity contribution is -0.107. The summed E-state index contributed by atoms with van der Waals surface area (Å²) in [5.74, 6) is 0.716. The number of ether oxygens (including phenoxy) is 1. The van der Waals surface area contributed by atoms with E-state index in [-0.39, 0.29) is 6.10 Å². The molecule has 5 heteroatoms. The van der Waals surface area contributed by atoms with Gasteiger partial charge in [0.25, 0.3) is 0 Å². The summed E-state index contributed by atoms with van der Waals surface area (Å²) in [6.45, 7) is 3.65. The number of fused-ring (bicyclic) bond motifs is 1. The molecule has 1 unspecified atom stereocenters. The van der Waals surface area contributed by atoms with Crippen molar-refractivity contribution in [3.8, 4) is 11.8 Å². The molecular weight excluding hydrogens is 278 g/mol. The number of nitrogens with zero attached hydrogens (tertiary/aromatic N) is 3. The Morgan fingerprint density at radius 2 is 2.14 bits per heavy atom. The smallest absolute Gasteiger partial charge is 0.214 e. The van der Waals surface area contributed by atoms with E-state index in [1.54, 1.807) is 4.90 Å². The second kappa shape index (κ2) is 6.80. The molecule has 0 aliphatic carbocycles. The summed E-state index contributed by atoms with van der Waals surface area (Å²) in [5.41, 5.74) is 2.00. The Balaban J connectivity index is 1.77. The summed E-state index contributed by atoms with van der Waals surface area (Å²) >= 11 is 0. The summed E-state index contributed by atoms with van der Waals surface area (Å²) in [5, 5.41) is 8.85. The first-order valence-electron chi connectivity index (χ1n) is 7.91. The standard InChI is InChI=1S/C17H21N3O2/c18-7-6-15-12-20(13-21)16-5-4-14(10-17(16)22-15)11-19-8-2-1-3-9-19/h4-5,10,13,15H,1-3,6,8-9,11-12H2. The van der Waals surface area contributed by atoms with Gasteiger partial charge in [0, 0.05) is 6.54 Å². The SMILES string of the molecule is N#CCC1CN(C=O)c2ccc(CN3CCCCC3)cc2O1. The predicted octanol–water partition coefficient (Wildman–Crippen LogP) is 2.31. The van der Waals surface area contributed by atoms with Crippen LogP contribution in [0.15, 0.2) is 18.2 Å². The molecule has 116 valence electrons. The summed E-state index contributed by atoms with van der Waals surface area (Å²) in [6.07, 6.45) is 4.73. The number of likely N-dealkylation sites (tertiary alicyclic amines) is 1. The van der Waals surface area contributed by atoms with Crippen molar-refractivity contribution in [3.63, 3.8) is 0 Å². The minimum Gasteiger partial charge on any atom is -0.485 e. The highest BCUT2D eigenvalue weighted by Gasteiger charge is 2.25. The molecule has 5 nitrogen and oxygen atoms in total. The van der Waals surface area contributed by atoms with Crippen LogP contribution in [0.1, 0.15) is 31.2 Å². The lowest BCUT2D eigenvalue weighted by atomic mass is 10.1. The normalized spacial score (nSPS) is 21.6. The fraction of sp³-hybridized carbons (Fsp3) is 0.529. The van der Waals surface area contributed by atoms with E-state index in [9.17, 15) is 4.79 Å². The van der Waals surface area contributed by atoms with Gasteiger partial charge in [-0.1, -0.05) is 12.5 Å². The van der Waals surface area contributed by atoms with Crippen molar-refractivity contribution in [1.29, 1.82) is 5.26 Å². The number of anilines is 1. The van der Waals surface area contributed by atoms with Gasteiger partial charge in [0.05, 0.1) is 24.7 Å². The lowest BCUT2D eigenvalue weighted by Crippen LogP contribution is -2.39. The van der Waals surface area contributed by atoms with Crippen LogP contribution in [0.3, 0.4) is 0 Å². The molecule has 0 radical (unpaired) electrons. The maximum Gasteiger partial charge on any atom is 0.214 e. The maximum absolute atomic E-state index is 11.3. The largest absolute Gasteiger partial charge is 0.485 e. The number of hydrogen-bond acceptors (Lipinski definition) is 4. The molecule has 1 saturated heterocycles. The highest BCUT2D eigenvalue weighted by molar-refractivity contribution is 5.80. The van der Waals surface area contributed by atoms with Crippen LogP contribution >= 0.6 is 0 Å². The Morgan fingerprint density at radius 1 is 1.32 bits per heavy atom. The van der Waals surface area contributed by atoms with Crippen LogP contribution in [0.5, 0.6) is 5.75 Å². The molecule has 1 fully saturated rings. The van der Waals surface area contributed by atoms with Crippen molar-refractivity contribution in [2.24, 2.45) is 0 Å². The number of hydrogen-bond donors (Lipinski definition) is 0. The Kier molecular flexibility index (Phi) is 4.59. The fourth-order valence-corrected chi connectivity index (χ4v) is 3.21. The second-order valence-electron chi connectivity index (χ2n) is 6.00. The van der Waals surface area contributed by atoms with Crippen LogP contribution < -0.4 is 9.64 Å². The Labute approximate surface area is 131 Å². The number of benzene rings is 1. The van der Waals surface area contributed by atoms with Crippen molar-refractivity contribution >= 4 is 12.1 Å². The average molecular weight is 299 g/mol. The van der Waals surface area contributed by atoms with E-state index in [1.165, 1.54) is 24.8 Å². The molecule has 1 aromatic rings. The van der Waals surface area contributed by atoms with Crippen LogP contribution in [-0.4, -0.2) is 37.0 Å². The van der Waals surface area contributed by atoms with Crippen LogP contribution in [-0.2, 0) is 11.3 Å². The molecule has 0 saturated carbocycles. The van der Waals surface area contributed by atoms with Crippen LogP contribution in [0.2, 0.25) is 0 Å². The van der Waals surface area contributed by atoms with Crippen molar-refractivity contribution < 1.29 is 9.53 Å². The average Bonchev–Trinajstić information content (AvgIpc) is 2.55. The van der Waals surface area contributed by atoms with Gasteiger partial charge in [-0.2, -0.15) is 5.26 Å². The van der Waals surface area contributed by atoms with Gasteiger partial charge in [-0.15, -0.1) is 0 Å². The highest BCUT2D eigenvalue weighted by Crippen LogP contribution is 2.34. The van der Waals surface area contributed by atoms with E-state index in [0.717, 1.165) is 31.7 Å². The second-order valence-corrected chi connectivity index (χ2v) is 6.00. The zero-order valence-corrected chi connectivity index (χ0v) is 12.7. The van der Waals surface area contributed by atoms with Crippen molar-refractivity contribution in [2.45, 2.75) is 38.3 Å². The molecule has 1 atom stereocenters. The van der Waals surface area contributed by atoms with E-state index in [1.807, 2.05) is 12.1 Å². The van der Waals surface area contributed by atoms with Crippen LogP contribution in [0, 0.1) is 11.3 Å². The number of carbonyl (C=O) groups is 1. The number of nitriles is 1. The van der Waals surface area contributed by atoms with E-state index in [4.69, 9.17) is 10.00 Å². The minimum atomic E-state index is -0.243. The topological polar surface area (TPSA) is 56.6 Å². The van der Waals surface area contributed by atoms with Crippen LogP contribution in [0.25, 0.3) is 0 Å². The molecule has 2 heterocycles. The number of piperidine rings is 1. The molecule has 3 rings (SSSR count). The third-order valence-corrected chi connectivity index (χ3v) is 4.33. The molecule has 22 heavy (non-hydrogen) atoms. The number of rotatable bonds is 4. The summed E-state index contributed by atoms with van der Waals surface area (Å²) in [7, 11) is 0. The summed E-state index contributed by atoms with van der Waals surface area (Å²) < 4.78 is 5.89. The first kappa shape index (κ1) is 14.9. The molecule has 1 aromatic carbocycles. The van der Waals surface area contributed by atoms with Crippen molar-refractivity contribution in [2.75, 3.05) is 24.5 Å². The molecule has 0 spiro atoms. The van der Waals surface area contributed by atoms with Gasteiger partial charge in [0.1, 0.15) is 11.9 Å². The van der Waals surface area contributed by atoms with Gasteiger partial charge < -0.3 is 9.64 Å². The highest BCUT2D eigenvalue weighted by atomic mass is 16.5. The Hall–Kier alpha value is -2.06. The Bertz CT molecular complexity index is 576. The molecular formula is C17H21N3O2.